The largest absolute Gasteiger partial charge is 0.419 e. The predicted octanol–water partition coefficient (Wildman–Crippen LogP) is 5.03. The number of aromatic nitrogens is 4. The summed E-state index contributed by atoms with van der Waals surface area (Å²) < 4.78 is 55.9. The molecule has 166 valence electrons. The van der Waals surface area contributed by atoms with Gasteiger partial charge in [0.1, 0.15) is 5.82 Å². The molecule has 0 radical (unpaired) electrons. The molecule has 0 amide bonds. The standard InChI is InChI=1S/C24H16F4N4O/c1-31-13-22(32(23(31)33)17-5-6-19(25)18(11-17)24(26,27)28)21-10-14(7-8-29-21)16-9-15-3-2-4-20(15)30-12-16/h2-3,5-13H,4H2,1H3. The summed E-state index contributed by atoms with van der Waals surface area (Å²) in [6, 6.07) is 7.99. The van der Waals surface area contributed by atoms with E-state index in [1.165, 1.54) is 17.8 Å². The quantitative estimate of drug-likeness (QED) is 0.410. The molecule has 0 bridgehead atoms. The average molecular weight is 452 g/mol. The van der Waals surface area contributed by atoms with Crippen LogP contribution in [0.4, 0.5) is 17.6 Å². The first kappa shape index (κ1) is 20.9. The van der Waals surface area contributed by atoms with E-state index in [1.807, 2.05) is 18.2 Å². The first-order chi connectivity index (χ1) is 15.7. The molecule has 0 atom stereocenters. The number of fused-ring (bicyclic) bond motifs is 1. The van der Waals surface area contributed by atoms with Crippen molar-refractivity contribution in [2.45, 2.75) is 12.6 Å². The zero-order valence-electron chi connectivity index (χ0n) is 17.3. The fourth-order valence-corrected chi connectivity index (χ4v) is 3.89. The zero-order chi connectivity index (χ0) is 23.3. The van der Waals surface area contributed by atoms with Crippen molar-refractivity contribution in [3.63, 3.8) is 0 Å². The van der Waals surface area contributed by atoms with E-state index in [-0.39, 0.29) is 11.4 Å². The number of alkyl halides is 3. The smallest absolute Gasteiger partial charge is 0.301 e. The van der Waals surface area contributed by atoms with Gasteiger partial charge >= 0.3 is 11.9 Å². The van der Waals surface area contributed by atoms with Crippen LogP contribution in [0, 0.1) is 5.82 Å². The molecule has 1 aromatic carbocycles. The zero-order valence-corrected chi connectivity index (χ0v) is 17.3. The summed E-state index contributed by atoms with van der Waals surface area (Å²) in [6.45, 7) is 0. The first-order valence-electron chi connectivity index (χ1n) is 10.00. The Hall–Kier alpha value is -4.01. The molecule has 3 aromatic heterocycles. The molecule has 0 fully saturated rings. The van der Waals surface area contributed by atoms with Gasteiger partial charge in [-0.15, -0.1) is 0 Å². The van der Waals surface area contributed by atoms with E-state index in [0.717, 1.165) is 39.4 Å². The molecule has 4 aromatic rings. The summed E-state index contributed by atoms with van der Waals surface area (Å²) in [5.74, 6) is -1.41. The summed E-state index contributed by atoms with van der Waals surface area (Å²) in [7, 11) is 1.48. The van der Waals surface area contributed by atoms with Crippen LogP contribution in [0.15, 0.2) is 65.9 Å². The van der Waals surface area contributed by atoms with E-state index < -0.39 is 23.2 Å². The van der Waals surface area contributed by atoms with Gasteiger partial charge in [0.2, 0.25) is 0 Å². The number of hydrogen-bond donors (Lipinski definition) is 0. The Morgan fingerprint density at radius 2 is 1.85 bits per heavy atom. The Labute approximate surface area is 185 Å². The topological polar surface area (TPSA) is 52.7 Å². The van der Waals surface area contributed by atoms with E-state index in [0.29, 0.717) is 17.8 Å². The van der Waals surface area contributed by atoms with E-state index in [9.17, 15) is 22.4 Å². The van der Waals surface area contributed by atoms with Gasteiger partial charge in [0, 0.05) is 37.6 Å². The normalized spacial score (nSPS) is 12.9. The highest BCUT2D eigenvalue weighted by Gasteiger charge is 2.34. The number of imidazole rings is 1. The molecule has 0 N–H and O–H groups in total. The number of hydrogen-bond acceptors (Lipinski definition) is 3. The number of allylic oxidation sites excluding steroid dienone is 1. The van der Waals surface area contributed by atoms with Crippen LogP contribution in [0.1, 0.15) is 16.8 Å². The molecule has 0 unspecified atom stereocenters. The molecule has 9 heteroatoms. The molecule has 33 heavy (non-hydrogen) atoms. The second kappa shape index (κ2) is 7.54. The maximum absolute atomic E-state index is 13.8. The predicted molar refractivity (Wildman–Crippen MR) is 115 cm³/mol. The highest BCUT2D eigenvalue weighted by atomic mass is 19.4. The van der Waals surface area contributed by atoms with Crippen molar-refractivity contribution in [3.8, 4) is 28.2 Å². The highest BCUT2D eigenvalue weighted by molar-refractivity contribution is 5.72. The summed E-state index contributed by atoms with van der Waals surface area (Å²) in [5.41, 5.74) is 2.15. The lowest BCUT2D eigenvalue weighted by Crippen LogP contribution is -2.22. The molecule has 0 aliphatic heterocycles. The summed E-state index contributed by atoms with van der Waals surface area (Å²) >= 11 is 0. The van der Waals surface area contributed by atoms with Gasteiger partial charge in [0.05, 0.1) is 28.3 Å². The van der Waals surface area contributed by atoms with Crippen molar-refractivity contribution in [1.82, 2.24) is 19.1 Å². The van der Waals surface area contributed by atoms with Crippen LogP contribution >= 0.6 is 0 Å². The second-order valence-electron chi connectivity index (χ2n) is 7.70. The van der Waals surface area contributed by atoms with E-state index in [1.54, 1.807) is 24.5 Å². The number of halogens is 4. The van der Waals surface area contributed by atoms with Crippen LogP contribution in [0.2, 0.25) is 0 Å². The van der Waals surface area contributed by atoms with E-state index in [4.69, 9.17) is 0 Å². The molecular formula is C24H16F4N4O. The third-order valence-corrected chi connectivity index (χ3v) is 5.53. The van der Waals surface area contributed by atoms with Crippen molar-refractivity contribution in [1.29, 1.82) is 0 Å². The Morgan fingerprint density at radius 1 is 1.03 bits per heavy atom. The summed E-state index contributed by atoms with van der Waals surface area (Å²) in [6.07, 6.45) is 4.70. The lowest BCUT2D eigenvalue weighted by atomic mass is 10.0. The van der Waals surface area contributed by atoms with Crippen LogP contribution in [-0.4, -0.2) is 19.1 Å². The number of pyridine rings is 2. The first-order valence-corrected chi connectivity index (χ1v) is 10.00. The summed E-state index contributed by atoms with van der Waals surface area (Å²) in [5, 5.41) is 0. The van der Waals surface area contributed by atoms with Crippen molar-refractivity contribution < 1.29 is 17.6 Å². The lowest BCUT2D eigenvalue weighted by molar-refractivity contribution is -0.140. The minimum absolute atomic E-state index is 0.110. The Balaban J connectivity index is 1.64. The van der Waals surface area contributed by atoms with Crippen LogP contribution < -0.4 is 5.69 Å². The van der Waals surface area contributed by atoms with Gasteiger partial charge in [-0.05, 0) is 47.5 Å². The molecule has 5 nitrogen and oxygen atoms in total. The molecule has 0 saturated carbocycles. The Morgan fingerprint density at radius 3 is 2.64 bits per heavy atom. The SMILES string of the molecule is Cn1cc(-c2cc(-c3cnc4c(c3)C=CC4)ccn2)n(-c2ccc(F)c(C(F)(F)F)c2)c1=O. The van der Waals surface area contributed by atoms with Crippen LogP contribution in [0.3, 0.4) is 0 Å². The Kier molecular flexibility index (Phi) is 4.77. The number of nitrogens with zero attached hydrogens (tertiary/aromatic N) is 4. The number of rotatable bonds is 3. The average Bonchev–Trinajstić information content (AvgIpc) is 3.37. The second-order valence-corrected chi connectivity index (χ2v) is 7.70. The summed E-state index contributed by atoms with van der Waals surface area (Å²) in [4.78, 5) is 21.6. The van der Waals surface area contributed by atoms with Gasteiger partial charge in [-0.2, -0.15) is 13.2 Å². The molecular weight excluding hydrogens is 436 g/mol. The third kappa shape index (κ3) is 3.65. The number of aryl methyl sites for hydroxylation is 1. The van der Waals surface area contributed by atoms with Crippen LogP contribution in [0.5, 0.6) is 0 Å². The minimum Gasteiger partial charge on any atom is -0.301 e. The van der Waals surface area contributed by atoms with E-state index >= 15 is 0 Å². The fourth-order valence-electron chi connectivity index (χ4n) is 3.89. The van der Waals surface area contributed by atoms with Crippen molar-refractivity contribution in [3.05, 3.63) is 94.2 Å². The Bertz CT molecular complexity index is 1480. The molecule has 5 rings (SSSR count). The monoisotopic (exact) mass is 452 g/mol. The van der Waals surface area contributed by atoms with Gasteiger partial charge < -0.3 is 4.57 Å². The van der Waals surface area contributed by atoms with Crippen molar-refractivity contribution in [2.24, 2.45) is 7.05 Å². The van der Waals surface area contributed by atoms with Gasteiger partial charge in [-0.3, -0.25) is 14.5 Å². The van der Waals surface area contributed by atoms with Crippen LogP contribution in [0.25, 0.3) is 34.3 Å². The number of benzene rings is 1. The molecule has 1 aliphatic rings. The van der Waals surface area contributed by atoms with Gasteiger partial charge in [0.15, 0.2) is 0 Å². The highest BCUT2D eigenvalue weighted by Crippen LogP contribution is 2.34. The fraction of sp³-hybridized carbons (Fsp3) is 0.125. The molecule has 0 spiro atoms. The van der Waals surface area contributed by atoms with Crippen molar-refractivity contribution >= 4 is 6.08 Å². The van der Waals surface area contributed by atoms with Gasteiger partial charge in [0.25, 0.3) is 0 Å². The third-order valence-electron chi connectivity index (χ3n) is 5.53. The maximum Gasteiger partial charge on any atom is 0.419 e. The van der Waals surface area contributed by atoms with E-state index in [2.05, 4.69) is 9.97 Å². The van der Waals surface area contributed by atoms with Gasteiger partial charge in [-0.1, -0.05) is 12.2 Å². The molecule has 0 saturated heterocycles. The minimum atomic E-state index is -4.90. The maximum atomic E-state index is 13.8. The lowest BCUT2D eigenvalue weighted by Gasteiger charge is -2.12. The molecule has 3 heterocycles. The van der Waals surface area contributed by atoms with Crippen LogP contribution in [-0.2, 0) is 19.6 Å². The van der Waals surface area contributed by atoms with Crippen molar-refractivity contribution in [2.75, 3.05) is 0 Å². The van der Waals surface area contributed by atoms with Gasteiger partial charge in [-0.25, -0.2) is 9.18 Å². The molecule has 1 aliphatic carbocycles.